The predicted molar refractivity (Wildman–Crippen MR) is 134 cm³/mol. The predicted octanol–water partition coefficient (Wildman–Crippen LogP) is 3.52. The minimum atomic E-state index is -0.609. The quantitative estimate of drug-likeness (QED) is 0.355. The van der Waals surface area contributed by atoms with E-state index in [1.807, 2.05) is 13.8 Å². The van der Waals surface area contributed by atoms with Gasteiger partial charge in [0.1, 0.15) is 6.04 Å². The molecule has 2 amide bonds. The van der Waals surface area contributed by atoms with Crippen molar-refractivity contribution in [2.24, 2.45) is 17.3 Å². The Kier molecular flexibility index (Phi) is 7.74. The summed E-state index contributed by atoms with van der Waals surface area (Å²) in [4.78, 5) is 42.6. The molecule has 5 atom stereocenters. The first-order chi connectivity index (χ1) is 15.7. The SMILES string of the molecule is CCOC(=O)[C@@H]1[C@H]2C(=O)N(CCCCCO)C(C(=O)NC(C)(C)CC(C)(C)C)C23CC[C@@]1(C)S3. The average molecular weight is 497 g/mol. The smallest absolute Gasteiger partial charge is 0.311 e. The van der Waals surface area contributed by atoms with E-state index in [9.17, 15) is 14.4 Å². The molecule has 8 heteroatoms. The minimum Gasteiger partial charge on any atom is -0.466 e. The molecule has 3 fully saturated rings. The van der Waals surface area contributed by atoms with Gasteiger partial charge in [0.2, 0.25) is 11.8 Å². The Morgan fingerprint density at radius 3 is 2.44 bits per heavy atom. The van der Waals surface area contributed by atoms with Crippen LogP contribution in [0.1, 0.15) is 87.0 Å². The van der Waals surface area contributed by atoms with Crippen molar-refractivity contribution in [2.45, 2.75) is 108 Å². The first-order valence-corrected chi connectivity index (χ1v) is 13.6. The summed E-state index contributed by atoms with van der Waals surface area (Å²) < 4.78 is 4.42. The Morgan fingerprint density at radius 2 is 1.85 bits per heavy atom. The van der Waals surface area contributed by atoms with Crippen molar-refractivity contribution < 1.29 is 24.2 Å². The van der Waals surface area contributed by atoms with E-state index in [0.29, 0.717) is 13.0 Å². The minimum absolute atomic E-state index is 0.0378. The van der Waals surface area contributed by atoms with Gasteiger partial charge in [0.15, 0.2) is 0 Å². The molecule has 0 aliphatic carbocycles. The molecule has 3 heterocycles. The molecule has 0 aromatic carbocycles. The molecule has 2 N–H and O–H groups in total. The highest BCUT2D eigenvalue weighted by atomic mass is 32.2. The Morgan fingerprint density at radius 1 is 1.18 bits per heavy atom. The first kappa shape index (κ1) is 27.3. The van der Waals surface area contributed by atoms with Crippen molar-refractivity contribution in [2.75, 3.05) is 19.8 Å². The lowest BCUT2D eigenvalue weighted by atomic mass is 9.66. The maximum absolute atomic E-state index is 13.9. The zero-order chi connectivity index (χ0) is 25.5. The summed E-state index contributed by atoms with van der Waals surface area (Å²) in [5.74, 6) is -1.58. The fraction of sp³-hybridized carbons (Fsp3) is 0.885. The Balaban J connectivity index is 1.95. The summed E-state index contributed by atoms with van der Waals surface area (Å²) in [6.45, 7) is 15.2. The molecule has 0 aromatic rings. The lowest BCUT2D eigenvalue weighted by Crippen LogP contribution is -2.58. The molecule has 194 valence electrons. The number of hydrogen-bond acceptors (Lipinski definition) is 6. The Hall–Kier alpha value is -1.28. The third kappa shape index (κ3) is 4.99. The molecule has 1 spiro atoms. The second kappa shape index (κ2) is 9.64. The van der Waals surface area contributed by atoms with E-state index >= 15 is 0 Å². The van der Waals surface area contributed by atoms with Crippen LogP contribution in [-0.2, 0) is 19.1 Å². The van der Waals surface area contributed by atoms with Crippen LogP contribution in [0.3, 0.4) is 0 Å². The van der Waals surface area contributed by atoms with Gasteiger partial charge in [0, 0.05) is 23.4 Å². The lowest BCUT2D eigenvalue weighted by Gasteiger charge is -2.38. The van der Waals surface area contributed by atoms with Crippen LogP contribution in [0, 0.1) is 17.3 Å². The third-order valence-electron chi connectivity index (χ3n) is 7.56. The van der Waals surface area contributed by atoms with Crippen LogP contribution >= 0.6 is 11.8 Å². The van der Waals surface area contributed by atoms with E-state index < -0.39 is 32.9 Å². The summed E-state index contributed by atoms with van der Waals surface area (Å²) in [6, 6.07) is -0.607. The molecular formula is C26H44N2O5S. The van der Waals surface area contributed by atoms with Crippen LogP contribution < -0.4 is 5.32 Å². The summed E-state index contributed by atoms with van der Waals surface area (Å²) in [5, 5.41) is 12.4. The third-order valence-corrected chi connectivity index (χ3v) is 9.54. The number of ether oxygens (including phenoxy) is 1. The van der Waals surface area contributed by atoms with Gasteiger partial charge in [0.25, 0.3) is 0 Å². The van der Waals surface area contributed by atoms with Crippen molar-refractivity contribution in [3.63, 3.8) is 0 Å². The number of carbonyl (C=O) groups is 3. The van der Waals surface area contributed by atoms with Gasteiger partial charge in [-0.15, -0.1) is 11.8 Å². The van der Waals surface area contributed by atoms with E-state index in [-0.39, 0.29) is 36.4 Å². The van der Waals surface area contributed by atoms with Crippen molar-refractivity contribution in [1.29, 1.82) is 0 Å². The van der Waals surface area contributed by atoms with Crippen molar-refractivity contribution >= 4 is 29.5 Å². The molecule has 3 aliphatic rings. The van der Waals surface area contributed by atoms with Crippen molar-refractivity contribution in [1.82, 2.24) is 10.2 Å². The van der Waals surface area contributed by atoms with Crippen LogP contribution in [0.25, 0.3) is 0 Å². The van der Waals surface area contributed by atoms with Crippen LogP contribution in [0.15, 0.2) is 0 Å². The molecule has 7 nitrogen and oxygen atoms in total. The maximum atomic E-state index is 13.9. The van der Waals surface area contributed by atoms with E-state index in [0.717, 1.165) is 32.1 Å². The largest absolute Gasteiger partial charge is 0.466 e. The lowest BCUT2D eigenvalue weighted by molar-refractivity contribution is -0.155. The Bertz CT molecular complexity index is 810. The Labute approximate surface area is 209 Å². The molecule has 3 saturated heterocycles. The van der Waals surface area contributed by atoms with Crippen LogP contribution in [0.4, 0.5) is 0 Å². The van der Waals surface area contributed by atoms with Crippen molar-refractivity contribution in [3.05, 3.63) is 0 Å². The molecule has 3 rings (SSSR count). The molecule has 0 aromatic heterocycles. The van der Waals surface area contributed by atoms with Gasteiger partial charge in [-0.2, -0.15) is 0 Å². The topological polar surface area (TPSA) is 95.9 Å². The fourth-order valence-electron chi connectivity index (χ4n) is 6.90. The van der Waals surface area contributed by atoms with Crippen LogP contribution in [-0.4, -0.2) is 68.6 Å². The molecular weight excluding hydrogens is 452 g/mol. The van der Waals surface area contributed by atoms with Crippen LogP contribution in [0.2, 0.25) is 0 Å². The number of likely N-dealkylation sites (tertiary alicyclic amines) is 1. The average Bonchev–Trinajstić information content (AvgIpc) is 3.24. The number of aliphatic hydroxyl groups excluding tert-OH is 1. The van der Waals surface area contributed by atoms with E-state index in [2.05, 4.69) is 33.0 Å². The zero-order valence-corrected chi connectivity index (χ0v) is 22.8. The van der Waals surface area contributed by atoms with Gasteiger partial charge in [0.05, 0.1) is 23.2 Å². The number of nitrogens with one attached hydrogen (secondary N) is 1. The number of carbonyl (C=O) groups excluding carboxylic acids is 3. The number of aliphatic hydroxyl groups is 1. The summed E-state index contributed by atoms with van der Waals surface area (Å²) in [5.41, 5.74) is -0.391. The van der Waals surface area contributed by atoms with Gasteiger partial charge in [-0.1, -0.05) is 20.8 Å². The summed E-state index contributed by atoms with van der Waals surface area (Å²) >= 11 is 1.68. The molecule has 3 aliphatic heterocycles. The van der Waals surface area contributed by atoms with E-state index in [4.69, 9.17) is 9.84 Å². The second-order valence-corrected chi connectivity index (χ2v) is 14.3. The van der Waals surface area contributed by atoms with E-state index in [1.165, 1.54) is 0 Å². The number of unbranched alkanes of at least 4 members (excludes halogenated alkanes) is 2. The number of esters is 1. The van der Waals surface area contributed by atoms with Gasteiger partial charge < -0.3 is 20.1 Å². The number of amides is 2. The molecule has 0 saturated carbocycles. The van der Waals surface area contributed by atoms with Gasteiger partial charge >= 0.3 is 5.97 Å². The fourth-order valence-corrected chi connectivity index (χ4v) is 9.24. The normalized spacial score (nSPS) is 32.8. The standard InChI is InChI=1S/C26H44N2O5S/c1-8-33-22(32)18-17-21(31)28(14-10-9-11-15-29)19(26(17)13-12-25(18,7)34-26)20(30)27-24(5,6)16-23(2,3)4/h17-19,29H,8-16H2,1-7H3,(H,27,30)/t17-,18-,19?,25+,26?/m0/s1. The number of fused-ring (bicyclic) bond motifs is 1. The number of nitrogens with zero attached hydrogens (tertiary/aromatic N) is 1. The second-order valence-electron chi connectivity index (χ2n) is 12.4. The first-order valence-electron chi connectivity index (χ1n) is 12.8. The summed E-state index contributed by atoms with van der Waals surface area (Å²) in [7, 11) is 0. The molecule has 2 bridgehead atoms. The maximum Gasteiger partial charge on any atom is 0.311 e. The molecule has 0 radical (unpaired) electrons. The van der Waals surface area contributed by atoms with E-state index in [1.54, 1.807) is 23.6 Å². The van der Waals surface area contributed by atoms with Gasteiger partial charge in [-0.05, 0) is 71.6 Å². The number of rotatable bonds is 10. The zero-order valence-electron chi connectivity index (χ0n) is 22.0. The number of hydrogen-bond donors (Lipinski definition) is 2. The highest BCUT2D eigenvalue weighted by Crippen LogP contribution is 2.71. The monoisotopic (exact) mass is 496 g/mol. The highest BCUT2D eigenvalue weighted by molar-refractivity contribution is 8.02. The number of thioether (sulfide) groups is 1. The van der Waals surface area contributed by atoms with Gasteiger partial charge in [-0.25, -0.2) is 0 Å². The molecule has 2 unspecified atom stereocenters. The summed E-state index contributed by atoms with van der Waals surface area (Å²) in [6.07, 6.45) is 4.51. The highest BCUT2D eigenvalue weighted by Gasteiger charge is 2.77. The molecule has 34 heavy (non-hydrogen) atoms. The van der Waals surface area contributed by atoms with Crippen molar-refractivity contribution in [3.8, 4) is 0 Å². The van der Waals surface area contributed by atoms with Gasteiger partial charge in [-0.3, -0.25) is 14.4 Å². The van der Waals surface area contributed by atoms with Crippen LogP contribution in [0.5, 0.6) is 0 Å².